The molecule has 0 heterocycles. The highest BCUT2D eigenvalue weighted by Gasteiger charge is 2.23. The number of hydrogen-bond acceptors (Lipinski definition) is 3. The summed E-state index contributed by atoms with van der Waals surface area (Å²) >= 11 is 0. The molecule has 0 unspecified atom stereocenters. The highest BCUT2D eigenvalue weighted by atomic mass is 16.5. The molecule has 0 bridgehead atoms. The fourth-order valence-electron chi connectivity index (χ4n) is 3.10. The van der Waals surface area contributed by atoms with Crippen molar-refractivity contribution in [2.24, 2.45) is 11.8 Å². The van der Waals surface area contributed by atoms with Gasteiger partial charge >= 0.3 is 5.97 Å². The van der Waals surface area contributed by atoms with Crippen molar-refractivity contribution in [2.75, 3.05) is 12.4 Å². The van der Waals surface area contributed by atoms with Gasteiger partial charge in [-0.3, -0.25) is 0 Å². The number of aromatic carboxylic acids is 1. The highest BCUT2D eigenvalue weighted by molar-refractivity contribution is 5.89. The van der Waals surface area contributed by atoms with Crippen LogP contribution < -0.4 is 10.1 Å². The quantitative estimate of drug-likeness (QED) is 0.860. The molecule has 1 aliphatic carbocycles. The standard InChI is InChI=1S/C17H25NO3/c1-11(2)12-4-7-14(8-5-12)18-15-10-13(17(19)20)6-9-16(15)21-3/h6,9-12,14,18H,4-5,7-8H2,1-3H3,(H,19,20). The van der Waals surface area contributed by atoms with E-state index in [1.54, 1.807) is 25.3 Å². The van der Waals surface area contributed by atoms with Crippen LogP contribution in [0.2, 0.25) is 0 Å². The van der Waals surface area contributed by atoms with Crippen molar-refractivity contribution >= 4 is 11.7 Å². The summed E-state index contributed by atoms with van der Waals surface area (Å²) in [5, 5.41) is 12.6. The van der Waals surface area contributed by atoms with Crippen molar-refractivity contribution in [1.82, 2.24) is 0 Å². The molecule has 0 atom stereocenters. The lowest BCUT2D eigenvalue weighted by molar-refractivity contribution is 0.0697. The van der Waals surface area contributed by atoms with E-state index in [-0.39, 0.29) is 5.56 Å². The number of carbonyl (C=O) groups is 1. The van der Waals surface area contributed by atoms with Crippen LogP contribution in [0.5, 0.6) is 5.75 Å². The molecule has 0 saturated heterocycles. The first-order valence-corrected chi connectivity index (χ1v) is 7.69. The summed E-state index contributed by atoms with van der Waals surface area (Å²) in [6.07, 6.45) is 4.72. The molecule has 1 aromatic carbocycles. The van der Waals surface area contributed by atoms with Gasteiger partial charge in [-0.2, -0.15) is 0 Å². The van der Waals surface area contributed by atoms with E-state index in [1.165, 1.54) is 12.8 Å². The number of carboxylic acids is 1. The fraction of sp³-hybridized carbons (Fsp3) is 0.588. The first-order valence-electron chi connectivity index (χ1n) is 7.69. The summed E-state index contributed by atoms with van der Waals surface area (Å²) in [5.41, 5.74) is 1.07. The van der Waals surface area contributed by atoms with Crippen LogP contribution >= 0.6 is 0 Å². The first kappa shape index (κ1) is 15.7. The van der Waals surface area contributed by atoms with E-state index in [0.29, 0.717) is 11.8 Å². The molecule has 116 valence electrons. The van der Waals surface area contributed by atoms with E-state index in [2.05, 4.69) is 19.2 Å². The van der Waals surface area contributed by atoms with Gasteiger partial charge in [-0.15, -0.1) is 0 Å². The molecule has 0 spiro atoms. The fourth-order valence-corrected chi connectivity index (χ4v) is 3.10. The van der Waals surface area contributed by atoms with Gasteiger partial charge in [-0.05, 0) is 55.7 Å². The molecule has 2 rings (SSSR count). The number of anilines is 1. The summed E-state index contributed by atoms with van der Waals surface area (Å²) < 4.78 is 5.33. The average molecular weight is 291 g/mol. The largest absolute Gasteiger partial charge is 0.495 e. The topological polar surface area (TPSA) is 58.6 Å². The molecule has 0 radical (unpaired) electrons. The van der Waals surface area contributed by atoms with Crippen molar-refractivity contribution < 1.29 is 14.6 Å². The molecule has 21 heavy (non-hydrogen) atoms. The minimum atomic E-state index is -0.913. The summed E-state index contributed by atoms with van der Waals surface area (Å²) in [6, 6.07) is 5.35. The number of benzene rings is 1. The van der Waals surface area contributed by atoms with Gasteiger partial charge in [0, 0.05) is 6.04 Å². The molecule has 0 aliphatic heterocycles. The second kappa shape index (κ2) is 6.83. The number of hydrogen-bond donors (Lipinski definition) is 2. The molecule has 1 aliphatic rings. The maximum Gasteiger partial charge on any atom is 0.335 e. The van der Waals surface area contributed by atoms with Crippen LogP contribution in [0.15, 0.2) is 18.2 Å². The Morgan fingerprint density at radius 3 is 2.48 bits per heavy atom. The van der Waals surface area contributed by atoms with Crippen LogP contribution in [0.3, 0.4) is 0 Å². The van der Waals surface area contributed by atoms with Gasteiger partial charge in [0.2, 0.25) is 0 Å². The molecule has 2 N–H and O–H groups in total. The van der Waals surface area contributed by atoms with Gasteiger partial charge in [-0.1, -0.05) is 13.8 Å². The lowest BCUT2D eigenvalue weighted by Gasteiger charge is -2.32. The lowest BCUT2D eigenvalue weighted by atomic mass is 9.79. The van der Waals surface area contributed by atoms with Crippen LogP contribution in [0.25, 0.3) is 0 Å². The molecule has 1 aromatic rings. The molecular weight excluding hydrogens is 266 g/mol. The van der Waals surface area contributed by atoms with Crippen molar-refractivity contribution in [3.63, 3.8) is 0 Å². The Morgan fingerprint density at radius 1 is 1.29 bits per heavy atom. The number of nitrogens with one attached hydrogen (secondary N) is 1. The predicted molar refractivity (Wildman–Crippen MR) is 84.2 cm³/mol. The van der Waals surface area contributed by atoms with Gasteiger partial charge in [0.1, 0.15) is 5.75 Å². The van der Waals surface area contributed by atoms with Crippen LogP contribution in [0.1, 0.15) is 49.9 Å². The minimum absolute atomic E-state index is 0.286. The number of methoxy groups -OCH3 is 1. The Kier molecular flexibility index (Phi) is 5.10. The molecule has 0 amide bonds. The zero-order valence-corrected chi connectivity index (χ0v) is 13.1. The SMILES string of the molecule is COc1ccc(C(=O)O)cc1NC1CCC(C(C)C)CC1. The van der Waals surface area contributed by atoms with Crippen molar-refractivity contribution in [3.8, 4) is 5.75 Å². The van der Waals surface area contributed by atoms with Gasteiger partial charge in [0.15, 0.2) is 0 Å². The third kappa shape index (κ3) is 3.90. The zero-order valence-electron chi connectivity index (χ0n) is 13.1. The average Bonchev–Trinajstić information content (AvgIpc) is 2.47. The zero-order chi connectivity index (χ0) is 15.4. The smallest absolute Gasteiger partial charge is 0.335 e. The van der Waals surface area contributed by atoms with Crippen LogP contribution in [0, 0.1) is 11.8 Å². The second-order valence-electron chi connectivity index (χ2n) is 6.22. The van der Waals surface area contributed by atoms with E-state index >= 15 is 0 Å². The van der Waals surface area contributed by atoms with Crippen LogP contribution in [-0.2, 0) is 0 Å². The Balaban J connectivity index is 2.05. The van der Waals surface area contributed by atoms with Gasteiger partial charge in [0.05, 0.1) is 18.4 Å². The third-order valence-electron chi connectivity index (χ3n) is 4.52. The molecule has 4 heteroatoms. The summed E-state index contributed by atoms with van der Waals surface area (Å²) in [4.78, 5) is 11.1. The Hall–Kier alpha value is -1.71. The first-order chi connectivity index (χ1) is 10.0. The molecule has 1 fully saturated rings. The molecule has 0 aromatic heterocycles. The maximum atomic E-state index is 11.1. The second-order valence-corrected chi connectivity index (χ2v) is 6.22. The third-order valence-corrected chi connectivity index (χ3v) is 4.52. The molecular formula is C17H25NO3. The number of ether oxygens (including phenoxy) is 1. The van der Waals surface area contributed by atoms with E-state index in [0.717, 1.165) is 30.4 Å². The van der Waals surface area contributed by atoms with E-state index in [4.69, 9.17) is 9.84 Å². The van der Waals surface area contributed by atoms with E-state index in [9.17, 15) is 4.79 Å². The van der Waals surface area contributed by atoms with Crippen molar-refractivity contribution in [3.05, 3.63) is 23.8 Å². The summed E-state index contributed by atoms with van der Waals surface area (Å²) in [5.74, 6) is 1.35. The molecule has 4 nitrogen and oxygen atoms in total. The number of rotatable bonds is 5. The van der Waals surface area contributed by atoms with E-state index in [1.807, 2.05) is 0 Å². The number of carboxylic acid groups (broad SMARTS) is 1. The highest BCUT2D eigenvalue weighted by Crippen LogP contribution is 2.33. The summed E-state index contributed by atoms with van der Waals surface area (Å²) in [7, 11) is 1.61. The van der Waals surface area contributed by atoms with Gasteiger partial charge in [0.25, 0.3) is 0 Å². The van der Waals surface area contributed by atoms with Crippen LogP contribution in [-0.4, -0.2) is 24.2 Å². The molecule has 1 saturated carbocycles. The Morgan fingerprint density at radius 2 is 1.95 bits per heavy atom. The monoisotopic (exact) mass is 291 g/mol. The van der Waals surface area contributed by atoms with Crippen LogP contribution in [0.4, 0.5) is 5.69 Å². The maximum absolute atomic E-state index is 11.1. The van der Waals surface area contributed by atoms with E-state index < -0.39 is 5.97 Å². The Bertz CT molecular complexity index is 491. The summed E-state index contributed by atoms with van der Waals surface area (Å²) in [6.45, 7) is 4.58. The van der Waals surface area contributed by atoms with Gasteiger partial charge < -0.3 is 15.2 Å². The normalized spacial score (nSPS) is 22.1. The predicted octanol–water partition coefficient (Wildman–Crippen LogP) is 4.02. The van der Waals surface area contributed by atoms with Crippen molar-refractivity contribution in [2.45, 2.75) is 45.6 Å². The minimum Gasteiger partial charge on any atom is -0.495 e. The van der Waals surface area contributed by atoms with Crippen molar-refractivity contribution in [1.29, 1.82) is 0 Å². The lowest BCUT2D eigenvalue weighted by Crippen LogP contribution is -2.28. The Labute approximate surface area is 126 Å². The van der Waals surface area contributed by atoms with Gasteiger partial charge in [-0.25, -0.2) is 4.79 Å².